The molecule has 0 aliphatic heterocycles. The fourth-order valence-corrected chi connectivity index (χ4v) is 7.23. The molecular weight excluding hydrogens is 647 g/mol. The molecule has 0 saturated heterocycles. The van der Waals surface area contributed by atoms with E-state index in [1.165, 1.54) is 16.3 Å². The van der Waals surface area contributed by atoms with Gasteiger partial charge in [0.2, 0.25) is 0 Å². The monoisotopic (exact) mass is 677 g/mol. The van der Waals surface area contributed by atoms with Gasteiger partial charge in [-0.2, -0.15) is 0 Å². The van der Waals surface area contributed by atoms with Crippen molar-refractivity contribution in [2.75, 3.05) is 0 Å². The highest BCUT2D eigenvalue weighted by Gasteiger charge is 2.16. The Bertz CT molecular complexity index is 2930. The molecule has 8 aromatic carbocycles. The molecule has 10 aromatic rings. The van der Waals surface area contributed by atoms with Crippen LogP contribution in [0.15, 0.2) is 192 Å². The summed E-state index contributed by atoms with van der Waals surface area (Å²) in [6.45, 7) is 0. The maximum Gasteiger partial charge on any atom is 0.164 e. The first-order chi connectivity index (χ1) is 26.2. The molecule has 0 radical (unpaired) electrons. The third-order valence-electron chi connectivity index (χ3n) is 9.95. The molecule has 53 heavy (non-hydrogen) atoms. The summed E-state index contributed by atoms with van der Waals surface area (Å²) in [5.74, 6) is 1.87. The van der Waals surface area contributed by atoms with Crippen molar-refractivity contribution in [3.05, 3.63) is 188 Å². The minimum absolute atomic E-state index is 0.618. The molecule has 0 fully saturated rings. The first-order valence-corrected chi connectivity index (χ1v) is 17.8. The van der Waals surface area contributed by atoms with Crippen molar-refractivity contribution in [3.63, 3.8) is 0 Å². The zero-order valence-electron chi connectivity index (χ0n) is 28.6. The van der Waals surface area contributed by atoms with Gasteiger partial charge in [-0.25, -0.2) is 15.0 Å². The molecule has 10 rings (SSSR count). The van der Waals surface area contributed by atoms with E-state index in [1.807, 2.05) is 30.3 Å². The van der Waals surface area contributed by atoms with Gasteiger partial charge in [0.1, 0.15) is 11.2 Å². The quantitative estimate of drug-likeness (QED) is 0.176. The number of furan rings is 1. The fraction of sp³-hybridized carbons (Fsp3) is 0. The standard InChI is InChI=1S/C49H31N3O/c1-2-10-32(11-3-1)39-14-8-15-41(31-39)49-51-47(36-25-20-34(21-26-36)40-29-22-33-12-4-5-13-38(33)30-40)50-48(52-49)37-27-23-35(24-28-37)42-17-9-19-45-46(42)43-16-6-7-18-44(43)53-45/h1-31H. The lowest BCUT2D eigenvalue weighted by molar-refractivity contribution is 0.669. The number of hydrogen-bond acceptors (Lipinski definition) is 4. The Hall–Kier alpha value is -7.17. The van der Waals surface area contributed by atoms with E-state index in [9.17, 15) is 0 Å². The summed E-state index contributed by atoms with van der Waals surface area (Å²) in [7, 11) is 0. The van der Waals surface area contributed by atoms with Crippen molar-refractivity contribution in [2.45, 2.75) is 0 Å². The van der Waals surface area contributed by atoms with Crippen LogP contribution < -0.4 is 0 Å². The summed E-state index contributed by atoms with van der Waals surface area (Å²) in [6.07, 6.45) is 0. The Morgan fingerprint density at radius 3 is 1.58 bits per heavy atom. The molecule has 2 aromatic heterocycles. The third-order valence-corrected chi connectivity index (χ3v) is 9.95. The van der Waals surface area contributed by atoms with E-state index in [4.69, 9.17) is 19.4 Å². The highest BCUT2D eigenvalue weighted by molar-refractivity contribution is 6.12. The van der Waals surface area contributed by atoms with E-state index in [2.05, 4.69) is 158 Å². The van der Waals surface area contributed by atoms with E-state index in [0.29, 0.717) is 17.5 Å². The van der Waals surface area contributed by atoms with Crippen molar-refractivity contribution >= 4 is 32.7 Å². The Kier molecular flexibility index (Phi) is 7.43. The Morgan fingerprint density at radius 2 is 0.811 bits per heavy atom. The number of nitrogens with zero attached hydrogens (tertiary/aromatic N) is 3. The van der Waals surface area contributed by atoms with Crippen LogP contribution in [0.1, 0.15) is 0 Å². The second kappa shape index (κ2) is 12.9. The highest BCUT2D eigenvalue weighted by Crippen LogP contribution is 2.37. The van der Waals surface area contributed by atoms with Gasteiger partial charge in [0, 0.05) is 27.5 Å². The van der Waals surface area contributed by atoms with Crippen LogP contribution in [0.5, 0.6) is 0 Å². The summed E-state index contributed by atoms with van der Waals surface area (Å²) in [4.78, 5) is 15.2. The smallest absolute Gasteiger partial charge is 0.164 e. The lowest BCUT2D eigenvalue weighted by Gasteiger charge is -2.11. The van der Waals surface area contributed by atoms with Gasteiger partial charge in [-0.1, -0.05) is 164 Å². The van der Waals surface area contributed by atoms with Crippen LogP contribution >= 0.6 is 0 Å². The molecule has 0 unspecified atom stereocenters. The van der Waals surface area contributed by atoms with Gasteiger partial charge in [-0.15, -0.1) is 0 Å². The number of hydrogen-bond donors (Lipinski definition) is 0. The van der Waals surface area contributed by atoms with Gasteiger partial charge < -0.3 is 4.42 Å². The van der Waals surface area contributed by atoms with Gasteiger partial charge in [0.05, 0.1) is 0 Å². The summed E-state index contributed by atoms with van der Waals surface area (Å²) >= 11 is 0. The predicted octanol–water partition coefficient (Wildman–Crippen LogP) is 12.9. The fourth-order valence-electron chi connectivity index (χ4n) is 7.23. The summed E-state index contributed by atoms with van der Waals surface area (Å²) in [6, 6.07) is 65.2. The maximum atomic E-state index is 6.18. The van der Waals surface area contributed by atoms with E-state index in [1.54, 1.807) is 0 Å². The lowest BCUT2D eigenvalue weighted by Crippen LogP contribution is -2.00. The average Bonchev–Trinajstić information content (AvgIpc) is 3.63. The van der Waals surface area contributed by atoms with Gasteiger partial charge in [0.25, 0.3) is 0 Å². The number of para-hydroxylation sites is 1. The van der Waals surface area contributed by atoms with E-state index in [-0.39, 0.29) is 0 Å². The molecule has 0 aliphatic rings. The molecule has 2 heterocycles. The Labute approximate surface area is 306 Å². The minimum atomic E-state index is 0.618. The van der Waals surface area contributed by atoms with Crippen LogP contribution in [0.2, 0.25) is 0 Å². The van der Waals surface area contributed by atoms with Crippen molar-refractivity contribution in [1.29, 1.82) is 0 Å². The largest absolute Gasteiger partial charge is 0.456 e. The van der Waals surface area contributed by atoms with Gasteiger partial charge >= 0.3 is 0 Å². The molecule has 0 bridgehead atoms. The Morgan fingerprint density at radius 1 is 0.302 bits per heavy atom. The van der Waals surface area contributed by atoms with E-state index in [0.717, 1.165) is 66.4 Å². The first-order valence-electron chi connectivity index (χ1n) is 17.8. The molecule has 0 aliphatic carbocycles. The predicted molar refractivity (Wildman–Crippen MR) is 217 cm³/mol. The van der Waals surface area contributed by atoms with E-state index < -0.39 is 0 Å². The van der Waals surface area contributed by atoms with Crippen LogP contribution in [0.4, 0.5) is 0 Å². The number of aromatic nitrogens is 3. The number of benzene rings is 8. The van der Waals surface area contributed by atoms with Crippen LogP contribution in [-0.2, 0) is 0 Å². The minimum Gasteiger partial charge on any atom is -0.456 e. The zero-order valence-corrected chi connectivity index (χ0v) is 28.6. The van der Waals surface area contributed by atoms with Crippen LogP contribution in [0.25, 0.3) is 100 Å². The Balaban J connectivity index is 1.06. The van der Waals surface area contributed by atoms with E-state index >= 15 is 0 Å². The summed E-state index contributed by atoms with van der Waals surface area (Å²) < 4.78 is 6.18. The molecule has 4 nitrogen and oxygen atoms in total. The molecule has 4 heteroatoms. The maximum absolute atomic E-state index is 6.18. The highest BCUT2D eigenvalue weighted by atomic mass is 16.3. The number of rotatable bonds is 6. The zero-order chi connectivity index (χ0) is 35.1. The third kappa shape index (κ3) is 5.73. The second-order valence-electron chi connectivity index (χ2n) is 13.2. The van der Waals surface area contributed by atoms with Crippen molar-refractivity contribution in [1.82, 2.24) is 15.0 Å². The van der Waals surface area contributed by atoms with Gasteiger partial charge in [-0.05, 0) is 68.4 Å². The molecule has 0 saturated carbocycles. The molecule has 248 valence electrons. The average molecular weight is 678 g/mol. The molecule has 0 N–H and O–H groups in total. The van der Waals surface area contributed by atoms with Crippen LogP contribution in [0, 0.1) is 0 Å². The van der Waals surface area contributed by atoms with Crippen LogP contribution in [-0.4, -0.2) is 15.0 Å². The normalized spacial score (nSPS) is 11.4. The molecule has 0 spiro atoms. The summed E-state index contributed by atoms with van der Waals surface area (Å²) in [5.41, 5.74) is 11.3. The van der Waals surface area contributed by atoms with Gasteiger partial charge in [-0.3, -0.25) is 0 Å². The topological polar surface area (TPSA) is 51.8 Å². The first kappa shape index (κ1) is 30.6. The molecular formula is C49H31N3O. The molecule has 0 amide bonds. The van der Waals surface area contributed by atoms with Gasteiger partial charge in [0.15, 0.2) is 17.5 Å². The van der Waals surface area contributed by atoms with Crippen LogP contribution in [0.3, 0.4) is 0 Å². The lowest BCUT2D eigenvalue weighted by atomic mass is 9.98. The van der Waals surface area contributed by atoms with Crippen molar-refractivity contribution in [3.8, 4) is 67.5 Å². The SMILES string of the molecule is c1ccc(-c2cccc(-c3nc(-c4ccc(-c5ccc6ccccc6c5)cc4)nc(-c4ccc(-c5cccc6oc7ccccc7c56)cc4)n3)c2)cc1. The number of fused-ring (bicyclic) bond motifs is 4. The second-order valence-corrected chi connectivity index (χ2v) is 13.2. The summed E-state index contributed by atoms with van der Waals surface area (Å²) in [5, 5.41) is 4.68. The van der Waals surface area contributed by atoms with Crippen molar-refractivity contribution < 1.29 is 4.42 Å². The molecule has 0 atom stereocenters. The van der Waals surface area contributed by atoms with Crippen molar-refractivity contribution in [2.24, 2.45) is 0 Å².